The van der Waals surface area contributed by atoms with E-state index < -0.39 is 0 Å². The summed E-state index contributed by atoms with van der Waals surface area (Å²) in [6.07, 6.45) is 1.86. The lowest BCUT2D eigenvalue weighted by Crippen LogP contribution is -2.36. The van der Waals surface area contributed by atoms with Crippen molar-refractivity contribution in [3.8, 4) is 0 Å². The molecule has 1 atom stereocenters. The first kappa shape index (κ1) is 12.3. The number of amides is 1. The summed E-state index contributed by atoms with van der Waals surface area (Å²) in [5.74, 6) is 0.709. The molecule has 1 aliphatic heterocycles. The first-order chi connectivity index (χ1) is 8.31. The Hall–Kier alpha value is -1.16. The fraction of sp³-hybridized carbons (Fsp3) is 0.462. The second kappa shape index (κ2) is 5.96. The molecule has 1 aromatic rings. The Morgan fingerprint density at radius 1 is 1.41 bits per heavy atom. The summed E-state index contributed by atoms with van der Waals surface area (Å²) in [6.45, 7) is 1.13. The summed E-state index contributed by atoms with van der Waals surface area (Å²) in [6, 6.07) is 9.97. The maximum Gasteiger partial charge on any atom is 0.410 e. The first-order valence-electron chi connectivity index (χ1n) is 5.89. The van der Waals surface area contributed by atoms with Crippen LogP contribution in [0.15, 0.2) is 30.3 Å². The van der Waals surface area contributed by atoms with Crippen LogP contribution in [0.1, 0.15) is 18.4 Å². The van der Waals surface area contributed by atoms with Gasteiger partial charge in [0.15, 0.2) is 0 Å². The van der Waals surface area contributed by atoms with Gasteiger partial charge in [0.05, 0.1) is 0 Å². The summed E-state index contributed by atoms with van der Waals surface area (Å²) < 4.78 is 5.30. The molecule has 17 heavy (non-hydrogen) atoms. The Morgan fingerprint density at radius 3 is 2.88 bits per heavy atom. The monoisotopic (exact) mass is 251 g/mol. The van der Waals surface area contributed by atoms with Crippen molar-refractivity contribution in [2.45, 2.75) is 25.5 Å². The van der Waals surface area contributed by atoms with Crippen LogP contribution in [0, 0.1) is 0 Å². The molecular weight excluding hydrogens is 234 g/mol. The van der Waals surface area contributed by atoms with E-state index in [0.717, 1.165) is 24.9 Å². The minimum Gasteiger partial charge on any atom is -0.445 e. The first-order valence-corrected chi connectivity index (χ1v) is 6.52. The zero-order chi connectivity index (χ0) is 12.1. The van der Waals surface area contributed by atoms with Gasteiger partial charge in [-0.15, -0.1) is 0 Å². The van der Waals surface area contributed by atoms with E-state index in [0.29, 0.717) is 12.4 Å². The molecule has 0 spiro atoms. The lowest BCUT2D eigenvalue weighted by Gasteiger charge is -2.22. The minimum absolute atomic E-state index is 0.217. The highest BCUT2D eigenvalue weighted by molar-refractivity contribution is 7.80. The third-order valence-electron chi connectivity index (χ3n) is 3.03. The Morgan fingerprint density at radius 2 is 2.18 bits per heavy atom. The third-order valence-corrected chi connectivity index (χ3v) is 3.45. The van der Waals surface area contributed by atoms with Crippen LogP contribution in [0.2, 0.25) is 0 Å². The molecule has 1 aromatic carbocycles. The largest absolute Gasteiger partial charge is 0.445 e. The van der Waals surface area contributed by atoms with E-state index in [9.17, 15) is 4.79 Å². The second-order valence-electron chi connectivity index (χ2n) is 4.21. The van der Waals surface area contributed by atoms with Crippen molar-refractivity contribution in [2.75, 3.05) is 12.3 Å². The van der Waals surface area contributed by atoms with E-state index in [-0.39, 0.29) is 12.1 Å². The lowest BCUT2D eigenvalue weighted by atomic mass is 10.2. The fourth-order valence-corrected chi connectivity index (χ4v) is 2.45. The maximum absolute atomic E-state index is 11.9. The highest BCUT2D eigenvalue weighted by Gasteiger charge is 2.28. The number of carbonyl (C=O) groups excluding carboxylic acids is 1. The lowest BCUT2D eigenvalue weighted by molar-refractivity contribution is 0.0950. The predicted molar refractivity (Wildman–Crippen MR) is 70.2 cm³/mol. The Labute approximate surface area is 107 Å². The quantitative estimate of drug-likeness (QED) is 0.837. The molecule has 0 bridgehead atoms. The zero-order valence-corrected chi connectivity index (χ0v) is 10.6. The van der Waals surface area contributed by atoms with Crippen LogP contribution in [0.3, 0.4) is 0 Å². The molecule has 1 saturated heterocycles. The van der Waals surface area contributed by atoms with E-state index in [2.05, 4.69) is 12.6 Å². The number of hydrogen-bond acceptors (Lipinski definition) is 3. The SMILES string of the molecule is O=C(OCc1ccccc1)N1CCCC1CS. The molecule has 1 unspecified atom stereocenters. The maximum atomic E-state index is 11.9. The number of thiol groups is 1. The molecule has 4 heteroatoms. The van der Waals surface area contributed by atoms with E-state index in [4.69, 9.17) is 4.74 Å². The Balaban J connectivity index is 1.85. The summed E-state index contributed by atoms with van der Waals surface area (Å²) in [5, 5.41) is 0. The van der Waals surface area contributed by atoms with Crippen LogP contribution >= 0.6 is 12.6 Å². The summed E-state index contributed by atoms with van der Waals surface area (Å²) >= 11 is 4.26. The van der Waals surface area contributed by atoms with Gasteiger partial charge in [-0.05, 0) is 18.4 Å². The number of hydrogen-bond donors (Lipinski definition) is 1. The van der Waals surface area contributed by atoms with E-state index in [1.165, 1.54) is 0 Å². The molecule has 92 valence electrons. The molecule has 0 aromatic heterocycles. The molecule has 0 radical (unpaired) electrons. The molecule has 2 rings (SSSR count). The van der Waals surface area contributed by atoms with Gasteiger partial charge in [-0.3, -0.25) is 0 Å². The highest BCUT2D eigenvalue weighted by atomic mass is 32.1. The predicted octanol–water partition coefficient (Wildman–Crippen LogP) is 2.72. The summed E-state index contributed by atoms with van der Waals surface area (Å²) in [5.41, 5.74) is 1.02. The van der Waals surface area contributed by atoms with E-state index in [1.54, 1.807) is 4.90 Å². The number of carbonyl (C=O) groups is 1. The molecule has 3 nitrogen and oxygen atoms in total. The van der Waals surface area contributed by atoms with Crippen LogP contribution in [-0.4, -0.2) is 29.3 Å². The van der Waals surface area contributed by atoms with Crippen molar-refractivity contribution in [1.29, 1.82) is 0 Å². The van der Waals surface area contributed by atoms with Crippen LogP contribution in [0.5, 0.6) is 0 Å². The fourth-order valence-electron chi connectivity index (χ4n) is 2.07. The number of benzene rings is 1. The average Bonchev–Trinajstić information content (AvgIpc) is 2.85. The molecule has 1 amide bonds. The van der Waals surface area contributed by atoms with Crippen molar-refractivity contribution in [2.24, 2.45) is 0 Å². The van der Waals surface area contributed by atoms with Crippen molar-refractivity contribution in [3.63, 3.8) is 0 Å². The van der Waals surface area contributed by atoms with Gasteiger partial charge >= 0.3 is 6.09 Å². The topological polar surface area (TPSA) is 29.5 Å². The molecule has 1 aliphatic rings. The minimum atomic E-state index is -0.217. The van der Waals surface area contributed by atoms with Crippen molar-refractivity contribution < 1.29 is 9.53 Å². The van der Waals surface area contributed by atoms with Crippen LogP contribution in [-0.2, 0) is 11.3 Å². The number of likely N-dealkylation sites (tertiary alicyclic amines) is 1. The van der Waals surface area contributed by atoms with Gasteiger partial charge in [0, 0.05) is 18.3 Å². The van der Waals surface area contributed by atoms with Gasteiger partial charge in [-0.2, -0.15) is 12.6 Å². The average molecular weight is 251 g/mol. The molecule has 1 heterocycles. The van der Waals surface area contributed by atoms with Gasteiger partial charge in [-0.25, -0.2) is 4.79 Å². The molecule has 0 N–H and O–H groups in total. The third kappa shape index (κ3) is 3.16. The molecular formula is C13H17NO2S. The smallest absolute Gasteiger partial charge is 0.410 e. The van der Waals surface area contributed by atoms with E-state index >= 15 is 0 Å². The van der Waals surface area contributed by atoms with Crippen molar-refractivity contribution >= 4 is 18.7 Å². The molecule has 0 saturated carbocycles. The Bertz CT molecular complexity index is 369. The van der Waals surface area contributed by atoms with Gasteiger partial charge in [-0.1, -0.05) is 30.3 Å². The van der Waals surface area contributed by atoms with Gasteiger partial charge in [0.2, 0.25) is 0 Å². The number of nitrogens with zero attached hydrogens (tertiary/aromatic N) is 1. The van der Waals surface area contributed by atoms with Gasteiger partial charge < -0.3 is 9.64 Å². The summed E-state index contributed by atoms with van der Waals surface area (Å²) in [7, 11) is 0. The molecule has 0 aliphatic carbocycles. The standard InChI is InChI=1S/C13H17NO2S/c15-13(14-8-4-7-12(14)10-17)16-9-11-5-2-1-3-6-11/h1-3,5-6,12,17H,4,7-10H2. The van der Waals surface area contributed by atoms with Crippen molar-refractivity contribution in [3.05, 3.63) is 35.9 Å². The Kier molecular flexibility index (Phi) is 4.31. The summed E-state index contributed by atoms with van der Waals surface area (Å²) in [4.78, 5) is 13.6. The normalized spacial score (nSPS) is 19.4. The second-order valence-corrected chi connectivity index (χ2v) is 4.58. The van der Waals surface area contributed by atoms with Crippen LogP contribution in [0.25, 0.3) is 0 Å². The van der Waals surface area contributed by atoms with Crippen LogP contribution < -0.4 is 0 Å². The van der Waals surface area contributed by atoms with E-state index in [1.807, 2.05) is 30.3 Å². The molecule has 1 fully saturated rings. The van der Waals surface area contributed by atoms with Gasteiger partial charge in [0.1, 0.15) is 6.61 Å². The number of ether oxygens (including phenoxy) is 1. The highest BCUT2D eigenvalue weighted by Crippen LogP contribution is 2.19. The zero-order valence-electron chi connectivity index (χ0n) is 9.71. The van der Waals surface area contributed by atoms with Crippen LogP contribution in [0.4, 0.5) is 4.79 Å². The van der Waals surface area contributed by atoms with Crippen molar-refractivity contribution in [1.82, 2.24) is 4.90 Å². The van der Waals surface area contributed by atoms with Gasteiger partial charge in [0.25, 0.3) is 0 Å². The number of rotatable bonds is 3.